The Kier molecular flexibility index (Phi) is 5.12. The standard InChI is InChI=1S/C11H13Cl2NO/c1-8(12)6-14-7-11(15)9-2-4-10(13)5-3-9/h2-5,11,14-15H,1,6-7H2. The van der Waals surface area contributed by atoms with Crippen LogP contribution in [0.1, 0.15) is 11.7 Å². The van der Waals surface area contributed by atoms with Gasteiger partial charge in [-0.25, -0.2) is 0 Å². The molecule has 1 atom stereocenters. The fourth-order valence-electron chi connectivity index (χ4n) is 1.15. The molecular weight excluding hydrogens is 233 g/mol. The molecule has 0 spiro atoms. The number of hydrogen-bond donors (Lipinski definition) is 2. The maximum Gasteiger partial charge on any atom is 0.0914 e. The first-order valence-corrected chi connectivity index (χ1v) is 5.32. The summed E-state index contributed by atoms with van der Waals surface area (Å²) in [7, 11) is 0. The van der Waals surface area contributed by atoms with E-state index in [0.717, 1.165) is 5.56 Å². The molecule has 0 fully saturated rings. The Morgan fingerprint density at radius 1 is 1.40 bits per heavy atom. The number of halogens is 2. The Hall–Kier alpha value is -0.540. The van der Waals surface area contributed by atoms with Gasteiger partial charge in [0, 0.05) is 23.1 Å². The lowest BCUT2D eigenvalue weighted by Crippen LogP contribution is -2.22. The quantitative estimate of drug-likeness (QED) is 0.837. The molecule has 0 amide bonds. The molecule has 2 nitrogen and oxygen atoms in total. The van der Waals surface area contributed by atoms with Crippen LogP contribution >= 0.6 is 23.2 Å². The molecule has 0 heterocycles. The number of nitrogens with one attached hydrogen (secondary N) is 1. The minimum absolute atomic E-state index is 0.438. The summed E-state index contributed by atoms with van der Waals surface area (Å²) in [6.45, 7) is 4.47. The second kappa shape index (κ2) is 6.13. The van der Waals surface area contributed by atoms with Crippen LogP contribution in [0.3, 0.4) is 0 Å². The normalized spacial score (nSPS) is 12.5. The third kappa shape index (κ3) is 4.67. The highest BCUT2D eigenvalue weighted by molar-refractivity contribution is 6.30. The Balaban J connectivity index is 2.43. The molecule has 15 heavy (non-hydrogen) atoms. The van der Waals surface area contributed by atoms with Crippen LogP contribution in [0.5, 0.6) is 0 Å². The minimum Gasteiger partial charge on any atom is -0.387 e. The van der Waals surface area contributed by atoms with Gasteiger partial charge in [0.05, 0.1) is 6.10 Å². The van der Waals surface area contributed by atoms with E-state index in [-0.39, 0.29) is 0 Å². The highest BCUT2D eigenvalue weighted by Gasteiger charge is 2.06. The van der Waals surface area contributed by atoms with Gasteiger partial charge in [0.25, 0.3) is 0 Å². The number of hydrogen-bond acceptors (Lipinski definition) is 2. The third-order valence-electron chi connectivity index (χ3n) is 1.91. The zero-order valence-corrected chi connectivity index (χ0v) is 9.72. The van der Waals surface area contributed by atoms with Gasteiger partial charge in [-0.05, 0) is 17.7 Å². The van der Waals surface area contributed by atoms with E-state index in [0.29, 0.717) is 23.1 Å². The molecule has 1 aromatic rings. The molecule has 4 heteroatoms. The maximum atomic E-state index is 9.75. The van der Waals surface area contributed by atoms with Crippen LogP contribution in [0.2, 0.25) is 5.02 Å². The van der Waals surface area contributed by atoms with Crippen molar-refractivity contribution in [1.29, 1.82) is 0 Å². The lowest BCUT2D eigenvalue weighted by molar-refractivity contribution is 0.176. The molecule has 0 radical (unpaired) electrons. The van der Waals surface area contributed by atoms with Crippen LogP contribution in [0, 0.1) is 0 Å². The molecule has 2 N–H and O–H groups in total. The Morgan fingerprint density at radius 3 is 2.53 bits per heavy atom. The van der Waals surface area contributed by atoms with Crippen molar-refractivity contribution in [3.63, 3.8) is 0 Å². The summed E-state index contributed by atoms with van der Waals surface area (Å²) in [5.74, 6) is 0. The molecule has 0 bridgehead atoms. The Bertz CT molecular complexity index is 324. The van der Waals surface area contributed by atoms with Crippen LogP contribution < -0.4 is 5.32 Å². The predicted molar refractivity (Wildman–Crippen MR) is 64.3 cm³/mol. The van der Waals surface area contributed by atoms with Gasteiger partial charge in [-0.15, -0.1) is 0 Å². The molecule has 0 aromatic heterocycles. The zero-order chi connectivity index (χ0) is 11.3. The van der Waals surface area contributed by atoms with Crippen molar-refractivity contribution in [3.8, 4) is 0 Å². The van der Waals surface area contributed by atoms with Gasteiger partial charge in [0.15, 0.2) is 0 Å². The summed E-state index contributed by atoms with van der Waals surface area (Å²) in [5, 5.41) is 13.9. The number of benzene rings is 1. The molecule has 0 aliphatic heterocycles. The smallest absolute Gasteiger partial charge is 0.0914 e. The number of aliphatic hydroxyl groups excluding tert-OH is 1. The van der Waals surface area contributed by atoms with Crippen LogP contribution in [-0.4, -0.2) is 18.2 Å². The number of rotatable bonds is 5. The van der Waals surface area contributed by atoms with Crippen LogP contribution in [0.25, 0.3) is 0 Å². The van der Waals surface area contributed by atoms with Gasteiger partial charge in [-0.3, -0.25) is 0 Å². The van der Waals surface area contributed by atoms with Gasteiger partial charge in [-0.2, -0.15) is 0 Å². The summed E-state index contributed by atoms with van der Waals surface area (Å²) in [6.07, 6.45) is -0.557. The first kappa shape index (κ1) is 12.5. The van der Waals surface area contributed by atoms with E-state index in [9.17, 15) is 5.11 Å². The summed E-state index contributed by atoms with van der Waals surface area (Å²) in [4.78, 5) is 0. The van der Waals surface area contributed by atoms with E-state index in [2.05, 4.69) is 11.9 Å². The molecule has 1 aromatic carbocycles. The van der Waals surface area contributed by atoms with E-state index >= 15 is 0 Å². The number of aliphatic hydroxyl groups is 1. The lowest BCUT2D eigenvalue weighted by atomic mass is 10.1. The van der Waals surface area contributed by atoms with Crippen LogP contribution in [-0.2, 0) is 0 Å². The van der Waals surface area contributed by atoms with Gasteiger partial charge >= 0.3 is 0 Å². The summed E-state index contributed by atoms with van der Waals surface area (Å²) < 4.78 is 0. The van der Waals surface area contributed by atoms with Crippen molar-refractivity contribution in [2.45, 2.75) is 6.10 Å². The fourth-order valence-corrected chi connectivity index (χ4v) is 1.37. The highest BCUT2D eigenvalue weighted by atomic mass is 35.5. The molecule has 0 aliphatic rings. The van der Waals surface area contributed by atoms with E-state index in [4.69, 9.17) is 23.2 Å². The SMILES string of the molecule is C=C(Cl)CNCC(O)c1ccc(Cl)cc1. The van der Waals surface area contributed by atoms with Gasteiger partial charge in [0.2, 0.25) is 0 Å². The van der Waals surface area contributed by atoms with Crippen molar-refractivity contribution in [2.24, 2.45) is 0 Å². The van der Waals surface area contributed by atoms with Crippen molar-refractivity contribution < 1.29 is 5.11 Å². The monoisotopic (exact) mass is 245 g/mol. The summed E-state index contributed by atoms with van der Waals surface area (Å²) >= 11 is 11.3. The lowest BCUT2D eigenvalue weighted by Gasteiger charge is -2.11. The molecule has 1 unspecified atom stereocenters. The third-order valence-corrected chi connectivity index (χ3v) is 2.29. The first-order chi connectivity index (χ1) is 7.09. The van der Waals surface area contributed by atoms with E-state index < -0.39 is 6.10 Å². The van der Waals surface area contributed by atoms with Gasteiger partial charge in [-0.1, -0.05) is 41.9 Å². The van der Waals surface area contributed by atoms with Gasteiger partial charge < -0.3 is 10.4 Å². The average Bonchev–Trinajstić information content (AvgIpc) is 2.18. The molecule has 0 saturated carbocycles. The maximum absolute atomic E-state index is 9.75. The van der Waals surface area contributed by atoms with Crippen molar-refractivity contribution in [2.75, 3.05) is 13.1 Å². The van der Waals surface area contributed by atoms with Crippen molar-refractivity contribution in [1.82, 2.24) is 5.32 Å². The summed E-state index contributed by atoms with van der Waals surface area (Å²) in [5.41, 5.74) is 0.826. The largest absolute Gasteiger partial charge is 0.387 e. The van der Waals surface area contributed by atoms with Gasteiger partial charge in [0.1, 0.15) is 0 Å². The van der Waals surface area contributed by atoms with Crippen molar-refractivity contribution in [3.05, 3.63) is 46.5 Å². The molecular formula is C11H13Cl2NO. The minimum atomic E-state index is -0.557. The molecule has 0 saturated heterocycles. The average molecular weight is 246 g/mol. The Labute approximate surface area is 99.5 Å². The van der Waals surface area contributed by atoms with E-state index in [1.807, 2.05) is 0 Å². The van der Waals surface area contributed by atoms with E-state index in [1.165, 1.54) is 0 Å². The summed E-state index contributed by atoms with van der Waals surface area (Å²) in [6, 6.07) is 7.09. The molecule has 0 aliphatic carbocycles. The fraction of sp³-hybridized carbons (Fsp3) is 0.273. The van der Waals surface area contributed by atoms with Crippen LogP contribution in [0.15, 0.2) is 35.9 Å². The molecule has 1 rings (SSSR count). The highest BCUT2D eigenvalue weighted by Crippen LogP contribution is 2.15. The van der Waals surface area contributed by atoms with E-state index in [1.54, 1.807) is 24.3 Å². The van der Waals surface area contributed by atoms with Crippen LogP contribution in [0.4, 0.5) is 0 Å². The second-order valence-electron chi connectivity index (χ2n) is 3.22. The Morgan fingerprint density at radius 2 is 2.00 bits per heavy atom. The molecule has 82 valence electrons. The van der Waals surface area contributed by atoms with Crippen molar-refractivity contribution >= 4 is 23.2 Å². The second-order valence-corrected chi connectivity index (χ2v) is 4.19. The topological polar surface area (TPSA) is 32.3 Å². The first-order valence-electron chi connectivity index (χ1n) is 4.57. The zero-order valence-electron chi connectivity index (χ0n) is 8.21. The predicted octanol–water partition coefficient (Wildman–Crippen LogP) is 2.72.